The second kappa shape index (κ2) is 6.02. The number of aliphatic hydroxyl groups excluding tert-OH is 1. The molecule has 1 saturated carbocycles. The van der Waals surface area contributed by atoms with Gasteiger partial charge in [0.15, 0.2) is 0 Å². The second-order valence-corrected chi connectivity index (χ2v) is 4.17. The lowest BCUT2D eigenvalue weighted by molar-refractivity contribution is -0.123. The molecule has 0 spiro atoms. The summed E-state index contributed by atoms with van der Waals surface area (Å²) in [5.41, 5.74) is 0. The van der Waals surface area contributed by atoms with Gasteiger partial charge >= 0.3 is 0 Å². The van der Waals surface area contributed by atoms with Crippen LogP contribution in [0, 0.1) is 0 Å². The normalized spacial score (nSPS) is 20.4. The molecule has 82 valence electrons. The molecule has 0 unspecified atom stereocenters. The topological polar surface area (TPSA) is 49.3 Å². The van der Waals surface area contributed by atoms with Gasteiger partial charge in [0.05, 0.1) is 12.5 Å². The van der Waals surface area contributed by atoms with Gasteiger partial charge in [-0.1, -0.05) is 26.2 Å². The average molecular weight is 199 g/mol. The van der Waals surface area contributed by atoms with Crippen molar-refractivity contribution in [3.8, 4) is 0 Å². The third-order valence-electron chi connectivity index (χ3n) is 2.86. The van der Waals surface area contributed by atoms with Crippen molar-refractivity contribution >= 4 is 5.91 Å². The molecule has 0 aromatic carbocycles. The predicted molar refractivity (Wildman–Crippen MR) is 55.9 cm³/mol. The van der Waals surface area contributed by atoms with E-state index < -0.39 is 6.10 Å². The van der Waals surface area contributed by atoms with E-state index in [2.05, 4.69) is 5.32 Å². The van der Waals surface area contributed by atoms with Crippen molar-refractivity contribution in [1.29, 1.82) is 0 Å². The Kier molecular flexibility index (Phi) is 4.94. The van der Waals surface area contributed by atoms with Crippen molar-refractivity contribution in [1.82, 2.24) is 5.32 Å². The number of carbonyl (C=O) groups is 1. The predicted octanol–water partition coefficient (Wildman–Crippen LogP) is 1.60. The molecule has 1 fully saturated rings. The fourth-order valence-corrected chi connectivity index (χ4v) is 1.89. The summed E-state index contributed by atoms with van der Waals surface area (Å²) in [4.78, 5) is 11.4. The molecule has 2 N–H and O–H groups in total. The number of hydrogen-bond donors (Lipinski definition) is 2. The van der Waals surface area contributed by atoms with Gasteiger partial charge in [0.25, 0.3) is 0 Å². The molecule has 3 nitrogen and oxygen atoms in total. The molecule has 1 amide bonds. The SMILES string of the molecule is CC[C@H](O)CC(=O)NC1CCCCC1. The van der Waals surface area contributed by atoms with Crippen molar-refractivity contribution in [3.05, 3.63) is 0 Å². The van der Waals surface area contributed by atoms with Gasteiger partial charge < -0.3 is 10.4 Å². The quantitative estimate of drug-likeness (QED) is 0.722. The Morgan fingerprint density at radius 3 is 2.64 bits per heavy atom. The highest BCUT2D eigenvalue weighted by Crippen LogP contribution is 2.17. The van der Waals surface area contributed by atoms with Crippen LogP contribution >= 0.6 is 0 Å². The first kappa shape index (κ1) is 11.5. The van der Waals surface area contributed by atoms with Gasteiger partial charge in [-0.15, -0.1) is 0 Å². The summed E-state index contributed by atoms with van der Waals surface area (Å²) in [5, 5.41) is 12.3. The lowest BCUT2D eigenvalue weighted by Gasteiger charge is -2.23. The first-order valence-corrected chi connectivity index (χ1v) is 5.69. The molecular formula is C11H21NO2. The van der Waals surface area contributed by atoms with Crippen LogP contribution in [-0.2, 0) is 4.79 Å². The van der Waals surface area contributed by atoms with Crippen LogP contribution in [0.25, 0.3) is 0 Å². The number of amides is 1. The maximum atomic E-state index is 11.4. The fraction of sp³-hybridized carbons (Fsp3) is 0.909. The van der Waals surface area contributed by atoms with Gasteiger partial charge in [0, 0.05) is 6.04 Å². The maximum absolute atomic E-state index is 11.4. The minimum atomic E-state index is -0.474. The Morgan fingerprint density at radius 2 is 2.07 bits per heavy atom. The van der Waals surface area contributed by atoms with Crippen molar-refractivity contribution in [2.75, 3.05) is 0 Å². The monoisotopic (exact) mass is 199 g/mol. The molecule has 14 heavy (non-hydrogen) atoms. The molecule has 0 saturated heterocycles. The molecule has 3 heteroatoms. The first-order chi connectivity index (χ1) is 6.72. The molecule has 0 aromatic heterocycles. The van der Waals surface area contributed by atoms with E-state index in [1.165, 1.54) is 19.3 Å². The molecule has 1 aliphatic carbocycles. The molecule has 0 heterocycles. The summed E-state index contributed by atoms with van der Waals surface area (Å²) in [6.07, 6.45) is 6.39. The van der Waals surface area contributed by atoms with Gasteiger partial charge in [-0.25, -0.2) is 0 Å². The maximum Gasteiger partial charge on any atom is 0.222 e. The molecule has 1 rings (SSSR count). The zero-order valence-electron chi connectivity index (χ0n) is 8.96. The van der Waals surface area contributed by atoms with E-state index in [4.69, 9.17) is 0 Å². The molecule has 0 bridgehead atoms. The molecule has 1 atom stereocenters. The highest BCUT2D eigenvalue weighted by Gasteiger charge is 2.16. The van der Waals surface area contributed by atoms with E-state index >= 15 is 0 Å². The van der Waals surface area contributed by atoms with Gasteiger partial charge in [0.2, 0.25) is 5.91 Å². The number of carbonyl (C=O) groups excluding carboxylic acids is 1. The summed E-state index contributed by atoms with van der Waals surface area (Å²) in [6, 6.07) is 0.361. The van der Waals surface area contributed by atoms with Crippen LogP contribution in [0.1, 0.15) is 51.9 Å². The van der Waals surface area contributed by atoms with E-state index in [-0.39, 0.29) is 12.3 Å². The molecule has 0 radical (unpaired) electrons. The molecule has 1 aliphatic rings. The first-order valence-electron chi connectivity index (χ1n) is 5.69. The molecule has 0 aromatic rings. The Labute approximate surface area is 85.9 Å². The van der Waals surface area contributed by atoms with Crippen LogP contribution in [0.5, 0.6) is 0 Å². The zero-order chi connectivity index (χ0) is 10.4. The Hall–Kier alpha value is -0.570. The standard InChI is InChI=1S/C11H21NO2/c1-2-10(13)8-11(14)12-9-6-4-3-5-7-9/h9-10,13H,2-8H2,1H3,(H,12,14)/t10-/m0/s1. The Balaban J connectivity index is 2.18. The molecular weight excluding hydrogens is 178 g/mol. The second-order valence-electron chi connectivity index (χ2n) is 4.17. The third kappa shape index (κ3) is 4.09. The van der Waals surface area contributed by atoms with Crippen molar-refractivity contribution in [2.24, 2.45) is 0 Å². The molecule has 0 aliphatic heterocycles. The summed E-state index contributed by atoms with van der Waals surface area (Å²) in [5.74, 6) is 0.00579. The fourth-order valence-electron chi connectivity index (χ4n) is 1.89. The lowest BCUT2D eigenvalue weighted by atomic mass is 9.95. The number of nitrogens with one attached hydrogen (secondary N) is 1. The number of hydrogen-bond acceptors (Lipinski definition) is 2. The van der Waals surface area contributed by atoms with Crippen LogP contribution in [0.15, 0.2) is 0 Å². The number of aliphatic hydroxyl groups is 1. The van der Waals surface area contributed by atoms with Crippen LogP contribution < -0.4 is 5.32 Å². The minimum absolute atomic E-state index is 0.00579. The smallest absolute Gasteiger partial charge is 0.222 e. The van der Waals surface area contributed by atoms with Crippen LogP contribution in [0.3, 0.4) is 0 Å². The van der Waals surface area contributed by atoms with Crippen LogP contribution in [0.2, 0.25) is 0 Å². The number of rotatable bonds is 4. The van der Waals surface area contributed by atoms with Crippen LogP contribution in [-0.4, -0.2) is 23.2 Å². The summed E-state index contributed by atoms with van der Waals surface area (Å²) < 4.78 is 0. The van der Waals surface area contributed by atoms with E-state index in [0.717, 1.165) is 12.8 Å². The Bertz CT molecular complexity index is 176. The largest absolute Gasteiger partial charge is 0.393 e. The average Bonchev–Trinajstić information content (AvgIpc) is 2.19. The van der Waals surface area contributed by atoms with E-state index in [9.17, 15) is 9.90 Å². The van der Waals surface area contributed by atoms with Gasteiger partial charge in [-0.2, -0.15) is 0 Å². The minimum Gasteiger partial charge on any atom is -0.393 e. The van der Waals surface area contributed by atoms with Gasteiger partial charge in [-0.05, 0) is 19.3 Å². The van der Waals surface area contributed by atoms with Gasteiger partial charge in [-0.3, -0.25) is 4.79 Å². The lowest BCUT2D eigenvalue weighted by Crippen LogP contribution is -2.37. The highest BCUT2D eigenvalue weighted by molar-refractivity contribution is 5.76. The zero-order valence-corrected chi connectivity index (χ0v) is 8.96. The van der Waals surface area contributed by atoms with Crippen molar-refractivity contribution in [2.45, 2.75) is 64.0 Å². The Morgan fingerprint density at radius 1 is 1.43 bits per heavy atom. The van der Waals surface area contributed by atoms with Crippen molar-refractivity contribution in [3.63, 3.8) is 0 Å². The van der Waals surface area contributed by atoms with Crippen molar-refractivity contribution < 1.29 is 9.90 Å². The summed E-state index contributed by atoms with van der Waals surface area (Å²) >= 11 is 0. The third-order valence-corrected chi connectivity index (χ3v) is 2.86. The van der Waals surface area contributed by atoms with E-state index in [1.807, 2.05) is 6.92 Å². The van der Waals surface area contributed by atoms with Crippen LogP contribution in [0.4, 0.5) is 0 Å². The summed E-state index contributed by atoms with van der Waals surface area (Å²) in [6.45, 7) is 1.89. The van der Waals surface area contributed by atoms with E-state index in [1.54, 1.807) is 0 Å². The summed E-state index contributed by atoms with van der Waals surface area (Å²) in [7, 11) is 0. The highest BCUT2D eigenvalue weighted by atomic mass is 16.3. The van der Waals surface area contributed by atoms with Gasteiger partial charge in [0.1, 0.15) is 0 Å². The van der Waals surface area contributed by atoms with E-state index in [0.29, 0.717) is 12.5 Å².